The van der Waals surface area contributed by atoms with Crippen LogP contribution in [0.3, 0.4) is 0 Å². The van der Waals surface area contributed by atoms with Crippen molar-refractivity contribution in [1.29, 1.82) is 0 Å². The zero-order valence-electron chi connectivity index (χ0n) is 16.4. The number of thioether (sulfide) groups is 1. The molecule has 1 amide bonds. The van der Waals surface area contributed by atoms with Gasteiger partial charge >= 0.3 is 0 Å². The Hall–Kier alpha value is -1.99. The molecule has 30 heavy (non-hydrogen) atoms. The molecule has 0 saturated carbocycles. The van der Waals surface area contributed by atoms with Crippen LogP contribution in [0.4, 0.5) is 5.13 Å². The Morgan fingerprint density at radius 1 is 1.27 bits per heavy atom. The number of aromatic nitrogens is 2. The third kappa shape index (κ3) is 5.79. The van der Waals surface area contributed by atoms with E-state index in [4.69, 9.17) is 4.74 Å². The van der Waals surface area contributed by atoms with Crippen LogP contribution in [-0.4, -0.2) is 37.7 Å². The van der Waals surface area contributed by atoms with E-state index in [1.54, 1.807) is 25.2 Å². The number of nitrogens with zero attached hydrogens (tertiary/aromatic N) is 2. The maximum Gasteiger partial charge on any atom is 0.257 e. The molecule has 12 heteroatoms. The predicted octanol–water partition coefficient (Wildman–Crippen LogP) is 3.84. The van der Waals surface area contributed by atoms with Gasteiger partial charge in [0, 0.05) is 22.2 Å². The third-order valence-corrected chi connectivity index (χ3v) is 8.41. The second kappa shape index (κ2) is 9.88. The van der Waals surface area contributed by atoms with Gasteiger partial charge in [-0.3, -0.25) is 10.1 Å². The smallest absolute Gasteiger partial charge is 0.257 e. The minimum absolute atomic E-state index is 0.101. The molecule has 0 fully saturated rings. The summed E-state index contributed by atoms with van der Waals surface area (Å²) < 4.78 is 33.5. The highest BCUT2D eigenvalue weighted by molar-refractivity contribution is 8.00. The molecule has 0 aliphatic heterocycles. The fourth-order valence-corrected chi connectivity index (χ4v) is 6.38. The van der Waals surface area contributed by atoms with Crippen LogP contribution in [0.15, 0.2) is 44.9 Å². The van der Waals surface area contributed by atoms with Crippen LogP contribution in [0, 0.1) is 0 Å². The molecule has 3 rings (SSSR count). The number of hydrogen-bond donors (Lipinski definition) is 2. The van der Waals surface area contributed by atoms with Gasteiger partial charge in [-0.1, -0.05) is 29.2 Å². The summed E-state index contributed by atoms with van der Waals surface area (Å²) >= 11 is 4.47. The molecular weight excluding hydrogens is 464 g/mol. The number of sulfonamides is 1. The average molecular weight is 485 g/mol. The maximum atomic E-state index is 12.6. The number of thiophene rings is 1. The predicted molar refractivity (Wildman–Crippen MR) is 120 cm³/mol. The van der Waals surface area contributed by atoms with Crippen LogP contribution in [0.2, 0.25) is 0 Å². The summed E-state index contributed by atoms with van der Waals surface area (Å²) in [4.78, 5) is 13.8. The van der Waals surface area contributed by atoms with Gasteiger partial charge in [0.1, 0.15) is 10.6 Å². The number of methoxy groups -OCH3 is 1. The standard InChI is InChI=1S/C18H20N4O4S4/c1-11(2)22-30(24,25)15-9-12(6-7-14(15)26-3)16(23)19-17-20-21-18(29-17)28-10-13-5-4-8-27-13/h4-9,11,22H,10H2,1-3H3,(H,19,20,23). The maximum absolute atomic E-state index is 12.6. The first-order chi connectivity index (χ1) is 14.3. The number of benzene rings is 1. The summed E-state index contributed by atoms with van der Waals surface area (Å²) in [5.41, 5.74) is 0.169. The Morgan fingerprint density at radius 3 is 2.73 bits per heavy atom. The summed E-state index contributed by atoms with van der Waals surface area (Å²) in [6.45, 7) is 3.42. The number of rotatable bonds is 9. The molecule has 1 aromatic carbocycles. The van der Waals surface area contributed by atoms with Crippen molar-refractivity contribution in [3.05, 3.63) is 46.2 Å². The number of nitrogens with one attached hydrogen (secondary N) is 2. The minimum Gasteiger partial charge on any atom is -0.495 e. The molecule has 0 unspecified atom stereocenters. The van der Waals surface area contributed by atoms with Crippen molar-refractivity contribution in [3.8, 4) is 5.75 Å². The van der Waals surface area contributed by atoms with Gasteiger partial charge in [-0.15, -0.1) is 21.5 Å². The van der Waals surface area contributed by atoms with Gasteiger partial charge in [-0.05, 0) is 43.5 Å². The number of anilines is 1. The van der Waals surface area contributed by atoms with Gasteiger partial charge in [0.05, 0.1) is 7.11 Å². The largest absolute Gasteiger partial charge is 0.495 e. The highest BCUT2D eigenvalue weighted by Crippen LogP contribution is 2.30. The van der Waals surface area contributed by atoms with E-state index in [1.165, 1.54) is 53.3 Å². The molecule has 0 aliphatic rings. The Morgan fingerprint density at radius 2 is 2.07 bits per heavy atom. The van der Waals surface area contributed by atoms with Gasteiger partial charge in [0.2, 0.25) is 15.2 Å². The Balaban J connectivity index is 1.73. The molecule has 2 heterocycles. The zero-order valence-corrected chi connectivity index (χ0v) is 19.7. The number of ether oxygens (including phenoxy) is 1. The van der Waals surface area contributed by atoms with Crippen LogP contribution in [0.25, 0.3) is 0 Å². The lowest BCUT2D eigenvalue weighted by molar-refractivity contribution is 0.102. The molecule has 2 aromatic heterocycles. The van der Waals surface area contributed by atoms with E-state index in [2.05, 4.69) is 20.2 Å². The van der Waals surface area contributed by atoms with Crippen molar-refractivity contribution >= 4 is 55.5 Å². The van der Waals surface area contributed by atoms with Crippen LogP contribution >= 0.6 is 34.4 Å². The van der Waals surface area contributed by atoms with E-state index in [1.807, 2.05) is 17.5 Å². The molecule has 160 valence electrons. The zero-order chi connectivity index (χ0) is 21.7. The molecule has 2 N–H and O–H groups in total. The molecule has 0 atom stereocenters. The van der Waals surface area contributed by atoms with Crippen molar-refractivity contribution < 1.29 is 17.9 Å². The van der Waals surface area contributed by atoms with Gasteiger partial charge < -0.3 is 4.74 Å². The number of carbonyl (C=O) groups is 1. The molecule has 0 bridgehead atoms. The topological polar surface area (TPSA) is 110 Å². The summed E-state index contributed by atoms with van der Waals surface area (Å²) in [6, 6.07) is 7.97. The van der Waals surface area contributed by atoms with E-state index in [-0.39, 0.29) is 22.3 Å². The lowest BCUT2D eigenvalue weighted by Gasteiger charge is -2.13. The molecule has 0 radical (unpaired) electrons. The summed E-state index contributed by atoms with van der Waals surface area (Å²) in [5.74, 6) is 0.454. The van der Waals surface area contributed by atoms with Crippen LogP contribution in [0.5, 0.6) is 5.75 Å². The van der Waals surface area contributed by atoms with E-state index < -0.39 is 15.9 Å². The fourth-order valence-electron chi connectivity index (χ4n) is 2.42. The normalized spacial score (nSPS) is 11.6. The fraction of sp³-hybridized carbons (Fsp3) is 0.278. The third-order valence-electron chi connectivity index (χ3n) is 3.65. The second-order valence-electron chi connectivity index (χ2n) is 6.34. The monoisotopic (exact) mass is 484 g/mol. The van der Waals surface area contributed by atoms with Gasteiger partial charge in [0.25, 0.3) is 5.91 Å². The van der Waals surface area contributed by atoms with E-state index in [0.717, 1.165) is 10.1 Å². The van der Waals surface area contributed by atoms with Crippen molar-refractivity contribution in [3.63, 3.8) is 0 Å². The average Bonchev–Trinajstić information content (AvgIpc) is 3.36. The SMILES string of the molecule is COc1ccc(C(=O)Nc2nnc(SCc3cccs3)s2)cc1S(=O)(=O)NC(C)C. The molecule has 0 aliphatic carbocycles. The van der Waals surface area contributed by atoms with Crippen molar-refractivity contribution in [2.24, 2.45) is 0 Å². The summed E-state index contributed by atoms with van der Waals surface area (Å²) in [7, 11) is -2.46. The van der Waals surface area contributed by atoms with Gasteiger partial charge in [-0.2, -0.15) is 0 Å². The highest BCUT2D eigenvalue weighted by atomic mass is 32.2. The first-order valence-corrected chi connectivity index (χ1v) is 13.0. The van der Waals surface area contributed by atoms with Gasteiger partial charge in [0.15, 0.2) is 4.34 Å². The lowest BCUT2D eigenvalue weighted by Crippen LogP contribution is -2.30. The highest BCUT2D eigenvalue weighted by Gasteiger charge is 2.23. The molecule has 8 nitrogen and oxygen atoms in total. The number of hydrogen-bond acceptors (Lipinski definition) is 9. The van der Waals surface area contributed by atoms with E-state index >= 15 is 0 Å². The number of amides is 1. The first kappa shape index (κ1) is 22.7. The van der Waals surface area contributed by atoms with Crippen LogP contribution < -0.4 is 14.8 Å². The quantitative estimate of drug-likeness (QED) is 0.351. The van der Waals surface area contributed by atoms with Crippen molar-refractivity contribution in [1.82, 2.24) is 14.9 Å². The molecule has 3 aromatic rings. The molecular formula is C18H20N4O4S4. The van der Waals surface area contributed by atoms with Crippen molar-refractivity contribution in [2.75, 3.05) is 12.4 Å². The lowest BCUT2D eigenvalue weighted by atomic mass is 10.2. The van der Waals surface area contributed by atoms with E-state index in [0.29, 0.717) is 5.13 Å². The van der Waals surface area contributed by atoms with Gasteiger partial charge in [-0.25, -0.2) is 13.1 Å². The summed E-state index contributed by atoms with van der Waals surface area (Å²) in [6.07, 6.45) is 0. The minimum atomic E-state index is -3.84. The second-order valence-corrected chi connectivity index (χ2v) is 11.3. The summed E-state index contributed by atoms with van der Waals surface area (Å²) in [5, 5.41) is 13.1. The first-order valence-electron chi connectivity index (χ1n) is 8.79. The van der Waals surface area contributed by atoms with Crippen LogP contribution in [0.1, 0.15) is 29.1 Å². The molecule has 0 saturated heterocycles. The Bertz CT molecular complexity index is 1110. The number of carbonyl (C=O) groups excluding carboxylic acids is 1. The van der Waals surface area contributed by atoms with Crippen LogP contribution in [-0.2, 0) is 15.8 Å². The van der Waals surface area contributed by atoms with Crippen molar-refractivity contribution in [2.45, 2.75) is 34.9 Å². The van der Waals surface area contributed by atoms with E-state index in [9.17, 15) is 13.2 Å². The Kier molecular flexibility index (Phi) is 7.47. The Labute approximate surface area is 187 Å². The molecule has 0 spiro atoms.